The molecule has 0 fully saturated rings. The first-order valence-corrected chi connectivity index (χ1v) is 7.18. The summed E-state index contributed by atoms with van der Waals surface area (Å²) in [4.78, 5) is 17.2. The number of nitrogens with zero attached hydrogens (tertiary/aromatic N) is 6. The van der Waals surface area contributed by atoms with Crippen molar-refractivity contribution < 1.29 is 14.2 Å². The molecule has 0 spiro atoms. The van der Waals surface area contributed by atoms with E-state index in [4.69, 9.17) is 39.3 Å². The van der Waals surface area contributed by atoms with Crippen molar-refractivity contribution in [1.82, 2.24) is 25.4 Å². The molecule has 12 heteroatoms. The molecule has 0 N–H and O–H groups in total. The van der Waals surface area contributed by atoms with E-state index in [1.807, 2.05) is 0 Å². The van der Waals surface area contributed by atoms with Gasteiger partial charge in [-0.3, -0.25) is 0 Å². The summed E-state index contributed by atoms with van der Waals surface area (Å²) in [5.41, 5.74) is 0.407. The van der Waals surface area contributed by atoms with Gasteiger partial charge in [0.25, 0.3) is 0 Å². The van der Waals surface area contributed by atoms with E-state index in [0.717, 1.165) is 0 Å². The molecular formula is C11H9Cl3N6O3. The Kier molecular flexibility index (Phi) is 5.69. The molecule has 0 radical (unpaired) electrons. The quantitative estimate of drug-likeness (QED) is 0.339. The van der Waals surface area contributed by atoms with Crippen molar-refractivity contribution in [2.45, 2.75) is 20.3 Å². The standard InChI is InChI=1S/C11H9Cl3N6O3/c1-5(17-23-11(21)9(12)10(13)14)3-7-15-19-20(16-7)8-4-6(2)22-18-8/h4H,3H2,1-2H3/b17-5-. The fourth-order valence-electron chi connectivity index (χ4n) is 1.36. The van der Waals surface area contributed by atoms with Crippen molar-refractivity contribution in [3.05, 3.63) is 27.2 Å². The van der Waals surface area contributed by atoms with E-state index in [9.17, 15) is 4.79 Å². The number of tetrazole rings is 1. The molecule has 0 saturated carbocycles. The van der Waals surface area contributed by atoms with Crippen molar-refractivity contribution in [1.29, 1.82) is 0 Å². The lowest BCUT2D eigenvalue weighted by Gasteiger charge is -1.98. The van der Waals surface area contributed by atoms with Gasteiger partial charge < -0.3 is 9.36 Å². The average molecular weight is 380 g/mol. The van der Waals surface area contributed by atoms with Crippen LogP contribution >= 0.6 is 34.8 Å². The lowest BCUT2D eigenvalue weighted by Crippen LogP contribution is -2.06. The van der Waals surface area contributed by atoms with Gasteiger partial charge >= 0.3 is 5.97 Å². The van der Waals surface area contributed by atoms with Crippen molar-refractivity contribution in [3.8, 4) is 5.82 Å². The Balaban J connectivity index is 1.99. The lowest BCUT2D eigenvalue weighted by atomic mass is 10.3. The second-order valence-corrected chi connectivity index (χ2v) is 5.57. The molecule has 0 aliphatic rings. The Morgan fingerprint density at radius 2 is 2.17 bits per heavy atom. The summed E-state index contributed by atoms with van der Waals surface area (Å²) in [6, 6.07) is 1.65. The predicted molar refractivity (Wildman–Crippen MR) is 81.4 cm³/mol. The minimum Gasteiger partial charge on any atom is -0.359 e. The zero-order chi connectivity index (χ0) is 17.0. The molecule has 2 aromatic heterocycles. The van der Waals surface area contributed by atoms with Gasteiger partial charge in [0, 0.05) is 6.07 Å². The number of carbonyl (C=O) groups is 1. The van der Waals surface area contributed by atoms with Gasteiger partial charge in [-0.25, -0.2) is 4.79 Å². The van der Waals surface area contributed by atoms with Crippen LogP contribution in [0.1, 0.15) is 18.5 Å². The topological polar surface area (TPSA) is 108 Å². The van der Waals surface area contributed by atoms with Gasteiger partial charge in [0.1, 0.15) is 10.3 Å². The highest BCUT2D eigenvalue weighted by molar-refractivity contribution is 6.62. The van der Waals surface area contributed by atoms with Crippen LogP contribution in [0, 0.1) is 6.92 Å². The zero-order valence-corrected chi connectivity index (χ0v) is 14.1. The minimum atomic E-state index is -0.972. The van der Waals surface area contributed by atoms with Gasteiger partial charge in [-0.05, 0) is 19.1 Å². The Hall–Kier alpha value is -1.97. The second-order valence-electron chi connectivity index (χ2n) is 4.25. The highest BCUT2D eigenvalue weighted by Crippen LogP contribution is 2.18. The molecule has 0 unspecified atom stereocenters. The number of carbonyl (C=O) groups excluding carboxylic acids is 1. The monoisotopic (exact) mass is 378 g/mol. The third-order valence-electron chi connectivity index (χ3n) is 2.32. The van der Waals surface area contributed by atoms with Gasteiger partial charge in [-0.15, -0.1) is 15.0 Å². The maximum atomic E-state index is 11.4. The van der Waals surface area contributed by atoms with Gasteiger partial charge in [0.15, 0.2) is 10.9 Å². The van der Waals surface area contributed by atoms with Crippen LogP contribution in [-0.4, -0.2) is 37.0 Å². The van der Waals surface area contributed by atoms with E-state index in [-0.39, 0.29) is 6.42 Å². The Bertz CT molecular complexity index is 778. The highest BCUT2D eigenvalue weighted by Gasteiger charge is 2.14. The summed E-state index contributed by atoms with van der Waals surface area (Å²) in [7, 11) is 0. The van der Waals surface area contributed by atoms with E-state index < -0.39 is 15.5 Å². The van der Waals surface area contributed by atoms with Gasteiger partial charge in [-0.1, -0.05) is 45.1 Å². The number of rotatable bonds is 5. The number of aryl methyl sites for hydroxylation is 1. The highest BCUT2D eigenvalue weighted by atomic mass is 35.5. The molecule has 0 aliphatic carbocycles. The molecule has 2 heterocycles. The van der Waals surface area contributed by atoms with Crippen molar-refractivity contribution >= 4 is 46.5 Å². The Morgan fingerprint density at radius 3 is 2.78 bits per heavy atom. The minimum absolute atomic E-state index is 0.194. The summed E-state index contributed by atoms with van der Waals surface area (Å²) in [5, 5.41) is 18.6. The van der Waals surface area contributed by atoms with Crippen LogP contribution in [-0.2, 0) is 16.1 Å². The number of hydrogen-bond acceptors (Lipinski definition) is 8. The maximum Gasteiger partial charge on any atom is 0.379 e. The molecule has 0 atom stereocenters. The average Bonchev–Trinajstić information content (AvgIpc) is 3.12. The van der Waals surface area contributed by atoms with E-state index in [1.165, 1.54) is 4.80 Å². The lowest BCUT2D eigenvalue weighted by molar-refractivity contribution is -0.138. The van der Waals surface area contributed by atoms with Crippen molar-refractivity contribution in [2.75, 3.05) is 0 Å². The molecule has 23 heavy (non-hydrogen) atoms. The van der Waals surface area contributed by atoms with Crippen molar-refractivity contribution in [3.63, 3.8) is 0 Å². The number of halogens is 3. The molecule has 0 aromatic carbocycles. The smallest absolute Gasteiger partial charge is 0.359 e. The second kappa shape index (κ2) is 7.53. The summed E-state index contributed by atoms with van der Waals surface area (Å²) < 4.78 is 4.51. The third kappa shape index (κ3) is 4.75. The van der Waals surface area contributed by atoms with Gasteiger partial charge in [-0.2, -0.15) is 0 Å². The van der Waals surface area contributed by atoms with Crippen LogP contribution in [0.3, 0.4) is 0 Å². The van der Waals surface area contributed by atoms with E-state index in [0.29, 0.717) is 23.1 Å². The first-order chi connectivity index (χ1) is 10.9. The first kappa shape index (κ1) is 17.4. The van der Waals surface area contributed by atoms with Crippen LogP contribution in [0.5, 0.6) is 0 Å². The van der Waals surface area contributed by atoms with Crippen LogP contribution in [0.25, 0.3) is 5.82 Å². The first-order valence-electron chi connectivity index (χ1n) is 6.05. The molecule has 0 bridgehead atoms. The van der Waals surface area contributed by atoms with E-state index >= 15 is 0 Å². The van der Waals surface area contributed by atoms with Crippen LogP contribution < -0.4 is 0 Å². The van der Waals surface area contributed by atoms with Crippen LogP contribution in [0.4, 0.5) is 0 Å². The maximum absolute atomic E-state index is 11.4. The molecule has 0 saturated heterocycles. The Morgan fingerprint density at radius 1 is 1.43 bits per heavy atom. The van der Waals surface area contributed by atoms with E-state index in [2.05, 4.69) is 30.6 Å². The summed E-state index contributed by atoms with van der Waals surface area (Å²) in [6.07, 6.45) is 0.194. The van der Waals surface area contributed by atoms with Gasteiger partial charge in [0.2, 0.25) is 5.82 Å². The molecule has 2 rings (SSSR count). The predicted octanol–water partition coefficient (Wildman–Crippen LogP) is 2.31. The normalized spacial score (nSPS) is 11.4. The summed E-state index contributed by atoms with van der Waals surface area (Å²) >= 11 is 16.2. The van der Waals surface area contributed by atoms with E-state index in [1.54, 1.807) is 19.9 Å². The van der Waals surface area contributed by atoms with Gasteiger partial charge in [0.05, 0.1) is 12.1 Å². The van der Waals surface area contributed by atoms with Crippen LogP contribution in [0.2, 0.25) is 0 Å². The molecule has 0 aliphatic heterocycles. The molecule has 0 amide bonds. The zero-order valence-electron chi connectivity index (χ0n) is 11.8. The molecule has 9 nitrogen and oxygen atoms in total. The fraction of sp³-hybridized carbons (Fsp3) is 0.273. The van der Waals surface area contributed by atoms with Crippen LogP contribution in [0.15, 0.2) is 25.3 Å². The largest absolute Gasteiger partial charge is 0.379 e. The number of aromatic nitrogens is 5. The van der Waals surface area contributed by atoms with Crippen molar-refractivity contribution in [2.24, 2.45) is 5.16 Å². The molecular weight excluding hydrogens is 371 g/mol. The Labute approximate surface area is 144 Å². The fourth-order valence-corrected chi connectivity index (χ4v) is 1.55. The number of hydrogen-bond donors (Lipinski definition) is 0. The third-order valence-corrected chi connectivity index (χ3v) is 3.23. The summed E-state index contributed by atoms with van der Waals surface area (Å²) in [5.74, 6) is 0.392. The number of oxime groups is 1. The molecule has 2 aromatic rings. The SMILES string of the molecule is C/C(Cc1nnn(-c2cc(C)on2)n1)=N/OC(=O)C(Cl)=C(Cl)Cl. The molecule has 122 valence electrons. The summed E-state index contributed by atoms with van der Waals surface area (Å²) in [6.45, 7) is 3.35.